The lowest BCUT2D eigenvalue weighted by Gasteiger charge is -2.30. The largest absolute Gasteiger partial charge is 0.341 e. The topological polar surface area (TPSA) is 58.1 Å². The monoisotopic (exact) mass is 324 g/mol. The van der Waals surface area contributed by atoms with Crippen molar-refractivity contribution in [1.29, 1.82) is 0 Å². The van der Waals surface area contributed by atoms with Gasteiger partial charge in [0.25, 0.3) is 5.91 Å². The lowest BCUT2D eigenvalue weighted by molar-refractivity contribution is 0.102. The van der Waals surface area contributed by atoms with Crippen LogP contribution in [0.1, 0.15) is 41.3 Å². The number of amides is 1. The first-order valence-corrected chi connectivity index (χ1v) is 8.48. The minimum atomic E-state index is -0.180. The van der Waals surface area contributed by atoms with Gasteiger partial charge in [-0.15, -0.1) is 0 Å². The van der Waals surface area contributed by atoms with E-state index in [1.54, 1.807) is 12.4 Å². The molecule has 1 N–H and O–H groups in total. The Hall–Kier alpha value is -2.43. The smallest absolute Gasteiger partial charge is 0.258 e. The van der Waals surface area contributed by atoms with E-state index in [1.807, 2.05) is 32.0 Å². The molecule has 1 aliphatic rings. The molecular weight excluding hydrogens is 300 g/mol. The first-order chi connectivity index (χ1) is 11.5. The minimum absolute atomic E-state index is 0.180. The molecule has 126 valence electrons. The van der Waals surface area contributed by atoms with Crippen molar-refractivity contribution in [3.8, 4) is 0 Å². The van der Waals surface area contributed by atoms with Crippen molar-refractivity contribution in [2.75, 3.05) is 23.3 Å². The van der Waals surface area contributed by atoms with E-state index in [4.69, 9.17) is 0 Å². The van der Waals surface area contributed by atoms with E-state index in [9.17, 15) is 4.79 Å². The Morgan fingerprint density at radius 3 is 2.67 bits per heavy atom. The van der Waals surface area contributed by atoms with Crippen molar-refractivity contribution in [2.45, 2.75) is 33.6 Å². The molecule has 1 fully saturated rings. The van der Waals surface area contributed by atoms with E-state index in [0.29, 0.717) is 17.4 Å². The summed E-state index contributed by atoms with van der Waals surface area (Å²) in [4.78, 5) is 23.4. The van der Waals surface area contributed by atoms with Gasteiger partial charge in [-0.05, 0) is 44.2 Å². The van der Waals surface area contributed by atoms with Gasteiger partial charge >= 0.3 is 0 Å². The molecule has 0 bridgehead atoms. The Morgan fingerprint density at radius 2 is 2.00 bits per heavy atom. The molecule has 0 saturated carbocycles. The van der Waals surface area contributed by atoms with Gasteiger partial charge in [-0.2, -0.15) is 0 Å². The number of benzene rings is 1. The number of aromatic nitrogens is 2. The molecule has 1 amide bonds. The van der Waals surface area contributed by atoms with Gasteiger partial charge in [-0.1, -0.05) is 24.6 Å². The normalized spacial score (nSPS) is 17.6. The summed E-state index contributed by atoms with van der Waals surface area (Å²) in [6.07, 6.45) is 5.65. The third kappa shape index (κ3) is 3.72. The van der Waals surface area contributed by atoms with Crippen molar-refractivity contribution in [3.05, 3.63) is 47.3 Å². The van der Waals surface area contributed by atoms with E-state index in [1.165, 1.54) is 18.4 Å². The zero-order valence-electron chi connectivity index (χ0n) is 14.5. The lowest BCUT2D eigenvalue weighted by atomic mass is 10.0. The number of hydrogen-bond acceptors (Lipinski definition) is 4. The molecule has 1 unspecified atom stereocenters. The van der Waals surface area contributed by atoms with Crippen LogP contribution in [0.4, 0.5) is 11.6 Å². The molecule has 2 heterocycles. The Kier molecular flexibility index (Phi) is 4.79. The second kappa shape index (κ2) is 6.99. The summed E-state index contributed by atoms with van der Waals surface area (Å²) in [6, 6.07) is 5.96. The number of rotatable bonds is 3. The summed E-state index contributed by atoms with van der Waals surface area (Å²) in [5.74, 6) is 1.19. The average molecular weight is 324 g/mol. The number of nitrogens with zero attached hydrogens (tertiary/aromatic N) is 3. The summed E-state index contributed by atoms with van der Waals surface area (Å²) in [7, 11) is 0. The highest BCUT2D eigenvalue weighted by Gasteiger charge is 2.19. The second-order valence-electron chi connectivity index (χ2n) is 6.74. The van der Waals surface area contributed by atoms with Crippen LogP contribution in [0, 0.1) is 19.8 Å². The van der Waals surface area contributed by atoms with E-state index in [2.05, 4.69) is 27.1 Å². The third-order valence-electron chi connectivity index (χ3n) is 4.47. The first-order valence-electron chi connectivity index (χ1n) is 8.48. The number of nitrogens with one attached hydrogen (secondary N) is 1. The third-order valence-corrected chi connectivity index (χ3v) is 4.47. The van der Waals surface area contributed by atoms with Gasteiger partial charge in [-0.3, -0.25) is 4.79 Å². The Labute approximate surface area is 143 Å². The average Bonchev–Trinajstić information content (AvgIpc) is 2.57. The number of aryl methyl sites for hydroxylation is 2. The summed E-state index contributed by atoms with van der Waals surface area (Å²) in [6.45, 7) is 8.23. The molecule has 24 heavy (non-hydrogen) atoms. The van der Waals surface area contributed by atoms with E-state index < -0.39 is 0 Å². The number of carbonyl (C=O) groups excluding carboxylic acids is 1. The Bertz CT molecular complexity index is 727. The van der Waals surface area contributed by atoms with E-state index in [-0.39, 0.29) is 5.91 Å². The van der Waals surface area contributed by atoms with Gasteiger partial charge in [0.2, 0.25) is 5.95 Å². The van der Waals surface area contributed by atoms with Crippen molar-refractivity contribution >= 4 is 17.5 Å². The van der Waals surface area contributed by atoms with Crippen LogP contribution in [0.2, 0.25) is 0 Å². The number of hydrogen-bond donors (Lipinski definition) is 1. The summed E-state index contributed by atoms with van der Waals surface area (Å²) < 4.78 is 0. The molecule has 5 heteroatoms. The predicted octanol–water partition coefficient (Wildman–Crippen LogP) is 3.58. The van der Waals surface area contributed by atoms with E-state index >= 15 is 0 Å². The molecule has 1 atom stereocenters. The van der Waals surface area contributed by atoms with Crippen LogP contribution in [0.15, 0.2) is 30.6 Å². The maximum Gasteiger partial charge on any atom is 0.258 e. The lowest BCUT2D eigenvalue weighted by Crippen LogP contribution is -2.35. The molecule has 3 rings (SSSR count). The summed E-state index contributed by atoms with van der Waals surface area (Å²) >= 11 is 0. The van der Waals surface area contributed by atoms with Gasteiger partial charge < -0.3 is 10.2 Å². The van der Waals surface area contributed by atoms with Crippen LogP contribution in [0.5, 0.6) is 0 Å². The molecule has 0 aliphatic carbocycles. The van der Waals surface area contributed by atoms with Crippen molar-refractivity contribution in [3.63, 3.8) is 0 Å². The Balaban J connectivity index is 1.69. The molecule has 0 spiro atoms. The SMILES string of the molecule is Cc1ccc(NC(=O)c2cnc(N3CCCC(C)C3)nc2)c(C)c1. The van der Waals surface area contributed by atoms with Gasteiger partial charge in [0, 0.05) is 31.2 Å². The molecule has 2 aromatic rings. The Morgan fingerprint density at radius 1 is 1.25 bits per heavy atom. The van der Waals surface area contributed by atoms with Gasteiger partial charge in [0.05, 0.1) is 5.56 Å². The molecule has 0 radical (unpaired) electrons. The highest BCUT2D eigenvalue weighted by Crippen LogP contribution is 2.20. The van der Waals surface area contributed by atoms with Crippen LogP contribution in [0.25, 0.3) is 0 Å². The van der Waals surface area contributed by atoms with Crippen LogP contribution in [-0.2, 0) is 0 Å². The fourth-order valence-corrected chi connectivity index (χ4v) is 3.12. The standard InChI is InChI=1S/C19H24N4O/c1-13-6-7-17(15(3)9-13)22-18(24)16-10-20-19(21-11-16)23-8-4-5-14(2)12-23/h6-7,9-11,14H,4-5,8,12H2,1-3H3,(H,22,24). The van der Waals surface area contributed by atoms with Crippen LogP contribution >= 0.6 is 0 Å². The van der Waals surface area contributed by atoms with Crippen LogP contribution in [0.3, 0.4) is 0 Å². The number of piperidine rings is 1. The van der Waals surface area contributed by atoms with Gasteiger partial charge in [0.1, 0.15) is 0 Å². The molecular formula is C19H24N4O. The van der Waals surface area contributed by atoms with Crippen LogP contribution in [-0.4, -0.2) is 29.0 Å². The number of carbonyl (C=O) groups is 1. The van der Waals surface area contributed by atoms with Crippen molar-refractivity contribution in [2.24, 2.45) is 5.92 Å². The van der Waals surface area contributed by atoms with E-state index in [0.717, 1.165) is 24.3 Å². The van der Waals surface area contributed by atoms with Gasteiger partial charge in [0.15, 0.2) is 0 Å². The summed E-state index contributed by atoms with van der Waals surface area (Å²) in [5.41, 5.74) is 3.51. The zero-order valence-corrected chi connectivity index (χ0v) is 14.5. The highest BCUT2D eigenvalue weighted by atomic mass is 16.1. The highest BCUT2D eigenvalue weighted by molar-refractivity contribution is 6.04. The summed E-state index contributed by atoms with van der Waals surface area (Å²) in [5, 5.41) is 2.93. The fraction of sp³-hybridized carbons (Fsp3) is 0.421. The molecule has 1 saturated heterocycles. The minimum Gasteiger partial charge on any atom is -0.341 e. The van der Waals surface area contributed by atoms with Gasteiger partial charge in [-0.25, -0.2) is 9.97 Å². The molecule has 5 nitrogen and oxygen atoms in total. The first kappa shape index (κ1) is 16.4. The molecule has 1 aromatic heterocycles. The quantitative estimate of drug-likeness (QED) is 0.937. The predicted molar refractivity (Wildman–Crippen MR) is 96.5 cm³/mol. The maximum atomic E-state index is 12.4. The second-order valence-corrected chi connectivity index (χ2v) is 6.74. The number of anilines is 2. The molecule has 1 aliphatic heterocycles. The zero-order chi connectivity index (χ0) is 17.1. The van der Waals surface area contributed by atoms with Crippen molar-refractivity contribution < 1.29 is 4.79 Å². The van der Waals surface area contributed by atoms with Crippen LogP contribution < -0.4 is 10.2 Å². The maximum absolute atomic E-state index is 12.4. The fourth-order valence-electron chi connectivity index (χ4n) is 3.12. The van der Waals surface area contributed by atoms with Crippen molar-refractivity contribution in [1.82, 2.24) is 9.97 Å². The molecule has 1 aromatic carbocycles.